The van der Waals surface area contributed by atoms with Gasteiger partial charge in [-0.2, -0.15) is 5.10 Å². The number of aryl methyl sites for hydroxylation is 2. The Balaban J connectivity index is 2.94. The monoisotopic (exact) mass is 199 g/mol. The fraction of sp³-hybridized carbons (Fsp3) is 0.667. The van der Waals surface area contributed by atoms with Crippen molar-refractivity contribution in [1.82, 2.24) is 9.78 Å². The normalized spacial score (nSPS) is 12.9. The number of aliphatic hydroxyl groups excluding tert-OH is 1. The predicted molar refractivity (Wildman–Crippen MR) is 53.3 cm³/mol. The first-order chi connectivity index (χ1) is 6.60. The number of hydrogen-bond acceptors (Lipinski definition) is 4. The van der Waals surface area contributed by atoms with E-state index in [1.165, 1.54) is 0 Å². The van der Waals surface area contributed by atoms with Crippen molar-refractivity contribution in [2.75, 3.05) is 13.7 Å². The first-order valence-electron chi connectivity index (χ1n) is 4.54. The van der Waals surface area contributed by atoms with Crippen LogP contribution in [-0.2, 0) is 13.5 Å². The van der Waals surface area contributed by atoms with Gasteiger partial charge in [0.1, 0.15) is 0 Å². The first-order valence-corrected chi connectivity index (χ1v) is 4.54. The van der Waals surface area contributed by atoms with Gasteiger partial charge in [0, 0.05) is 25.6 Å². The molecule has 1 unspecified atom stereocenters. The maximum absolute atomic E-state index is 9.45. The lowest BCUT2D eigenvalue weighted by molar-refractivity contribution is 0.182. The summed E-state index contributed by atoms with van der Waals surface area (Å²) in [5.41, 5.74) is 7.15. The molecule has 1 heterocycles. The summed E-state index contributed by atoms with van der Waals surface area (Å²) in [7, 11) is 3.40. The average molecular weight is 199 g/mol. The van der Waals surface area contributed by atoms with E-state index in [-0.39, 0.29) is 6.54 Å². The van der Waals surface area contributed by atoms with Crippen LogP contribution in [-0.4, -0.2) is 34.6 Å². The van der Waals surface area contributed by atoms with E-state index in [1.54, 1.807) is 11.8 Å². The summed E-state index contributed by atoms with van der Waals surface area (Å²) in [4.78, 5) is 0. The molecule has 0 saturated heterocycles. The maximum atomic E-state index is 9.45. The first kappa shape index (κ1) is 11.0. The lowest BCUT2D eigenvalue weighted by atomic mass is 10.1. The van der Waals surface area contributed by atoms with E-state index in [1.807, 2.05) is 14.0 Å². The van der Waals surface area contributed by atoms with Crippen molar-refractivity contribution >= 4 is 0 Å². The molecule has 5 heteroatoms. The topological polar surface area (TPSA) is 73.3 Å². The van der Waals surface area contributed by atoms with E-state index in [9.17, 15) is 5.11 Å². The van der Waals surface area contributed by atoms with Gasteiger partial charge >= 0.3 is 0 Å². The molecule has 0 aliphatic rings. The summed E-state index contributed by atoms with van der Waals surface area (Å²) in [6, 6.07) is 0. The molecule has 1 atom stereocenters. The standard InChI is InChI=1S/C9H17N3O2/c1-6-8(4-7(13)5-10)9(14-3)12(2)11-6/h7,13H,4-5,10H2,1-3H3. The van der Waals surface area contributed by atoms with Crippen molar-refractivity contribution in [3.8, 4) is 5.88 Å². The molecular weight excluding hydrogens is 182 g/mol. The molecule has 0 aliphatic heterocycles. The van der Waals surface area contributed by atoms with E-state index in [0.29, 0.717) is 12.3 Å². The minimum atomic E-state index is -0.535. The highest BCUT2D eigenvalue weighted by molar-refractivity contribution is 5.31. The molecule has 14 heavy (non-hydrogen) atoms. The van der Waals surface area contributed by atoms with Gasteiger partial charge in [0.25, 0.3) is 0 Å². The molecule has 0 bridgehead atoms. The highest BCUT2D eigenvalue weighted by Gasteiger charge is 2.16. The van der Waals surface area contributed by atoms with Gasteiger partial charge in [-0.05, 0) is 6.92 Å². The van der Waals surface area contributed by atoms with E-state index in [2.05, 4.69) is 5.10 Å². The molecule has 80 valence electrons. The van der Waals surface area contributed by atoms with Crippen molar-refractivity contribution < 1.29 is 9.84 Å². The Kier molecular flexibility index (Phi) is 3.49. The molecule has 1 rings (SSSR count). The van der Waals surface area contributed by atoms with Crippen LogP contribution in [0.4, 0.5) is 0 Å². The quantitative estimate of drug-likeness (QED) is 0.692. The third kappa shape index (κ3) is 2.05. The van der Waals surface area contributed by atoms with Gasteiger partial charge in [0.05, 0.1) is 18.9 Å². The number of methoxy groups -OCH3 is 1. The Labute approximate surface area is 83.5 Å². The molecule has 0 radical (unpaired) electrons. The van der Waals surface area contributed by atoms with Crippen LogP contribution in [0.1, 0.15) is 11.3 Å². The van der Waals surface area contributed by atoms with Gasteiger partial charge in [-0.1, -0.05) is 0 Å². The van der Waals surface area contributed by atoms with Gasteiger partial charge < -0.3 is 15.6 Å². The van der Waals surface area contributed by atoms with E-state index in [4.69, 9.17) is 10.5 Å². The zero-order chi connectivity index (χ0) is 10.7. The number of aliphatic hydroxyl groups is 1. The summed E-state index contributed by atoms with van der Waals surface area (Å²) in [6.45, 7) is 2.14. The summed E-state index contributed by atoms with van der Waals surface area (Å²) in [6.07, 6.45) is -0.0499. The molecule has 3 N–H and O–H groups in total. The molecular formula is C9H17N3O2. The smallest absolute Gasteiger partial charge is 0.214 e. The molecule has 0 aromatic carbocycles. The molecule has 0 spiro atoms. The number of aromatic nitrogens is 2. The SMILES string of the molecule is COc1c(CC(O)CN)c(C)nn1C. The predicted octanol–water partition coefficient (Wildman–Crippen LogP) is -0.401. The van der Waals surface area contributed by atoms with Gasteiger partial charge in [0.15, 0.2) is 0 Å². The van der Waals surface area contributed by atoms with Gasteiger partial charge in [0.2, 0.25) is 5.88 Å². The highest BCUT2D eigenvalue weighted by atomic mass is 16.5. The average Bonchev–Trinajstić information content (AvgIpc) is 2.41. The van der Waals surface area contributed by atoms with Crippen molar-refractivity contribution in [3.63, 3.8) is 0 Å². The Hall–Kier alpha value is -1.07. The second kappa shape index (κ2) is 4.43. The summed E-state index contributed by atoms with van der Waals surface area (Å²) in [5.74, 6) is 0.690. The molecule has 0 fully saturated rings. The van der Waals surface area contributed by atoms with Crippen LogP contribution in [0.3, 0.4) is 0 Å². The van der Waals surface area contributed by atoms with Crippen molar-refractivity contribution in [2.45, 2.75) is 19.4 Å². The molecule has 0 saturated carbocycles. The van der Waals surface area contributed by atoms with Crippen molar-refractivity contribution in [2.24, 2.45) is 12.8 Å². The van der Waals surface area contributed by atoms with Crippen LogP contribution in [0.2, 0.25) is 0 Å². The number of rotatable bonds is 4. The Bertz CT molecular complexity index is 309. The molecule has 0 amide bonds. The molecule has 1 aromatic rings. The fourth-order valence-corrected chi connectivity index (χ4v) is 1.49. The van der Waals surface area contributed by atoms with Crippen molar-refractivity contribution in [3.05, 3.63) is 11.3 Å². The fourth-order valence-electron chi connectivity index (χ4n) is 1.49. The third-order valence-electron chi connectivity index (χ3n) is 2.19. The molecule has 5 nitrogen and oxygen atoms in total. The van der Waals surface area contributed by atoms with Crippen LogP contribution in [0.15, 0.2) is 0 Å². The highest BCUT2D eigenvalue weighted by Crippen LogP contribution is 2.22. The van der Waals surface area contributed by atoms with E-state index < -0.39 is 6.10 Å². The van der Waals surface area contributed by atoms with Crippen LogP contribution >= 0.6 is 0 Å². The minimum Gasteiger partial charge on any atom is -0.481 e. The van der Waals surface area contributed by atoms with Crippen molar-refractivity contribution in [1.29, 1.82) is 0 Å². The number of nitrogens with zero attached hydrogens (tertiary/aromatic N) is 2. The lowest BCUT2D eigenvalue weighted by Gasteiger charge is -2.08. The number of hydrogen-bond donors (Lipinski definition) is 2. The molecule has 1 aromatic heterocycles. The maximum Gasteiger partial charge on any atom is 0.214 e. The third-order valence-corrected chi connectivity index (χ3v) is 2.19. The van der Waals surface area contributed by atoms with Gasteiger partial charge in [-0.25, -0.2) is 4.68 Å². The van der Waals surface area contributed by atoms with E-state index in [0.717, 1.165) is 11.3 Å². The number of ether oxygens (including phenoxy) is 1. The second-order valence-corrected chi connectivity index (χ2v) is 3.29. The second-order valence-electron chi connectivity index (χ2n) is 3.29. The molecule has 0 aliphatic carbocycles. The Morgan fingerprint density at radius 3 is 2.79 bits per heavy atom. The van der Waals surface area contributed by atoms with Crippen LogP contribution in [0, 0.1) is 6.92 Å². The number of nitrogens with two attached hydrogens (primary N) is 1. The zero-order valence-corrected chi connectivity index (χ0v) is 8.82. The van der Waals surface area contributed by atoms with Crippen LogP contribution < -0.4 is 10.5 Å². The minimum absolute atomic E-state index is 0.248. The summed E-state index contributed by atoms with van der Waals surface area (Å²) in [5, 5.41) is 13.7. The summed E-state index contributed by atoms with van der Waals surface area (Å²) >= 11 is 0. The zero-order valence-electron chi connectivity index (χ0n) is 8.82. The van der Waals surface area contributed by atoms with Crippen LogP contribution in [0.25, 0.3) is 0 Å². The van der Waals surface area contributed by atoms with E-state index >= 15 is 0 Å². The lowest BCUT2D eigenvalue weighted by Crippen LogP contribution is -2.22. The van der Waals surface area contributed by atoms with Gasteiger partial charge in [-0.15, -0.1) is 0 Å². The largest absolute Gasteiger partial charge is 0.481 e. The summed E-state index contributed by atoms with van der Waals surface area (Å²) < 4.78 is 6.85. The Morgan fingerprint density at radius 1 is 1.64 bits per heavy atom. The van der Waals surface area contributed by atoms with Gasteiger partial charge in [-0.3, -0.25) is 0 Å². The Morgan fingerprint density at radius 2 is 2.29 bits per heavy atom. The van der Waals surface area contributed by atoms with Crippen LogP contribution in [0.5, 0.6) is 5.88 Å².